The standard InChI is InChI=1S/C54H32N4/c1-2-12-33(13-3-1)46-29-25-34-23-24-35-26-30-48(58-53(35)52(34)56-46)41-28-27-38(54-44(41)21-11-31-55-54)36-14-10-15-37(32-36)51-50-43-19-7-5-17-40(43)39-16-4-6-18-42(39)49(50)45-20-8-9-22-47(45)57-51/h1-32H. The van der Waals surface area contributed by atoms with Crippen LogP contribution in [0.25, 0.3) is 121 Å². The number of aromatic nitrogens is 4. The number of fused-ring (bicyclic) bond motifs is 12. The van der Waals surface area contributed by atoms with Gasteiger partial charge < -0.3 is 0 Å². The average molecular weight is 737 g/mol. The molecule has 268 valence electrons. The summed E-state index contributed by atoms with van der Waals surface area (Å²) in [7, 11) is 0. The second-order valence-electron chi connectivity index (χ2n) is 14.9. The zero-order valence-corrected chi connectivity index (χ0v) is 31.3. The van der Waals surface area contributed by atoms with E-state index in [-0.39, 0.29) is 0 Å². The lowest BCUT2D eigenvalue weighted by molar-refractivity contribution is 1.36. The molecule has 0 aliphatic heterocycles. The van der Waals surface area contributed by atoms with Gasteiger partial charge in [-0.3, -0.25) is 4.98 Å². The largest absolute Gasteiger partial charge is 0.256 e. The zero-order valence-electron chi connectivity index (χ0n) is 31.3. The molecule has 58 heavy (non-hydrogen) atoms. The van der Waals surface area contributed by atoms with Gasteiger partial charge in [0.05, 0.1) is 39.1 Å². The van der Waals surface area contributed by atoms with Crippen LogP contribution >= 0.6 is 0 Å². The third-order valence-electron chi connectivity index (χ3n) is 11.7. The van der Waals surface area contributed by atoms with Crippen LogP contribution in [-0.4, -0.2) is 19.9 Å². The Morgan fingerprint density at radius 2 is 0.879 bits per heavy atom. The van der Waals surface area contributed by atoms with Gasteiger partial charge in [-0.2, -0.15) is 0 Å². The lowest BCUT2D eigenvalue weighted by Crippen LogP contribution is -1.94. The maximum atomic E-state index is 5.42. The molecule has 0 aliphatic carbocycles. The van der Waals surface area contributed by atoms with E-state index in [0.717, 1.165) is 88.5 Å². The summed E-state index contributed by atoms with van der Waals surface area (Å²) in [5, 5.41) is 11.6. The fraction of sp³-hybridized carbons (Fsp3) is 0. The number of hydrogen-bond acceptors (Lipinski definition) is 4. The lowest BCUT2D eigenvalue weighted by atomic mass is 9.89. The van der Waals surface area contributed by atoms with Crippen LogP contribution in [0.15, 0.2) is 194 Å². The van der Waals surface area contributed by atoms with Crippen LogP contribution in [0.1, 0.15) is 0 Å². The topological polar surface area (TPSA) is 51.6 Å². The van der Waals surface area contributed by atoms with Crippen molar-refractivity contribution >= 4 is 75.9 Å². The summed E-state index contributed by atoms with van der Waals surface area (Å²) in [6.45, 7) is 0. The van der Waals surface area contributed by atoms with Crippen molar-refractivity contribution in [2.75, 3.05) is 0 Å². The van der Waals surface area contributed by atoms with E-state index in [2.05, 4.69) is 164 Å². The van der Waals surface area contributed by atoms with Gasteiger partial charge in [-0.05, 0) is 57.4 Å². The molecule has 4 heterocycles. The molecule has 0 radical (unpaired) electrons. The van der Waals surface area contributed by atoms with Crippen molar-refractivity contribution in [2.24, 2.45) is 0 Å². The third-order valence-corrected chi connectivity index (χ3v) is 11.7. The second kappa shape index (κ2) is 12.9. The van der Waals surface area contributed by atoms with E-state index in [1.807, 2.05) is 30.5 Å². The highest BCUT2D eigenvalue weighted by molar-refractivity contribution is 6.33. The Morgan fingerprint density at radius 3 is 1.66 bits per heavy atom. The van der Waals surface area contributed by atoms with Crippen molar-refractivity contribution in [3.05, 3.63) is 194 Å². The molecule has 0 bridgehead atoms. The molecule has 0 saturated heterocycles. The predicted octanol–water partition coefficient (Wildman–Crippen LogP) is 14.0. The zero-order chi connectivity index (χ0) is 38.2. The van der Waals surface area contributed by atoms with E-state index in [4.69, 9.17) is 19.9 Å². The Hall–Kier alpha value is -7.82. The summed E-state index contributed by atoms with van der Waals surface area (Å²) >= 11 is 0. The van der Waals surface area contributed by atoms with Gasteiger partial charge in [0, 0.05) is 60.8 Å². The molecule has 0 amide bonds. The van der Waals surface area contributed by atoms with Gasteiger partial charge in [0.2, 0.25) is 0 Å². The van der Waals surface area contributed by atoms with Crippen molar-refractivity contribution in [3.8, 4) is 44.9 Å². The normalized spacial score (nSPS) is 11.8. The molecule has 0 fully saturated rings. The average Bonchev–Trinajstić information content (AvgIpc) is 3.30. The van der Waals surface area contributed by atoms with E-state index in [9.17, 15) is 0 Å². The number of pyridine rings is 4. The van der Waals surface area contributed by atoms with Crippen molar-refractivity contribution in [1.29, 1.82) is 0 Å². The van der Waals surface area contributed by atoms with E-state index in [1.165, 1.54) is 32.3 Å². The van der Waals surface area contributed by atoms with Gasteiger partial charge >= 0.3 is 0 Å². The van der Waals surface area contributed by atoms with Crippen molar-refractivity contribution in [3.63, 3.8) is 0 Å². The van der Waals surface area contributed by atoms with Gasteiger partial charge in [-0.1, -0.05) is 158 Å². The summed E-state index contributed by atoms with van der Waals surface area (Å²) in [5.41, 5.74) is 11.8. The smallest absolute Gasteiger partial charge is 0.0972 e. The molecule has 8 aromatic carbocycles. The van der Waals surface area contributed by atoms with Crippen LogP contribution in [0.4, 0.5) is 0 Å². The van der Waals surface area contributed by atoms with Crippen molar-refractivity contribution in [2.45, 2.75) is 0 Å². The first kappa shape index (κ1) is 32.4. The molecule has 12 aromatic rings. The van der Waals surface area contributed by atoms with E-state index in [1.54, 1.807) is 0 Å². The highest BCUT2D eigenvalue weighted by Gasteiger charge is 2.19. The van der Waals surface area contributed by atoms with E-state index < -0.39 is 0 Å². The predicted molar refractivity (Wildman–Crippen MR) is 242 cm³/mol. The number of nitrogens with zero attached hydrogens (tertiary/aromatic N) is 4. The minimum absolute atomic E-state index is 0.885. The highest BCUT2D eigenvalue weighted by Crippen LogP contribution is 2.44. The maximum absolute atomic E-state index is 5.42. The first-order valence-electron chi connectivity index (χ1n) is 19.6. The minimum Gasteiger partial charge on any atom is -0.256 e. The Labute approximate surface area is 333 Å². The van der Waals surface area contributed by atoms with E-state index in [0.29, 0.717) is 0 Å². The second-order valence-corrected chi connectivity index (χ2v) is 14.9. The highest BCUT2D eigenvalue weighted by atomic mass is 14.8. The molecule has 0 atom stereocenters. The molecule has 0 spiro atoms. The quantitative estimate of drug-likeness (QED) is 0.169. The summed E-state index contributed by atoms with van der Waals surface area (Å²) < 4.78 is 0. The third kappa shape index (κ3) is 5.02. The summed E-state index contributed by atoms with van der Waals surface area (Å²) in [6.07, 6.45) is 1.88. The molecule has 0 unspecified atom stereocenters. The molecule has 0 aliphatic rings. The lowest BCUT2D eigenvalue weighted by Gasteiger charge is -2.17. The molecular weight excluding hydrogens is 705 g/mol. The van der Waals surface area contributed by atoms with Crippen LogP contribution in [0, 0.1) is 0 Å². The molecule has 4 aromatic heterocycles. The fourth-order valence-corrected chi connectivity index (χ4v) is 8.99. The summed E-state index contributed by atoms with van der Waals surface area (Å²) in [5.74, 6) is 0. The molecule has 0 saturated carbocycles. The van der Waals surface area contributed by atoms with Gasteiger partial charge in [0.15, 0.2) is 0 Å². The Kier molecular flexibility index (Phi) is 7.20. The van der Waals surface area contributed by atoms with E-state index >= 15 is 0 Å². The van der Waals surface area contributed by atoms with Crippen molar-refractivity contribution < 1.29 is 0 Å². The van der Waals surface area contributed by atoms with Crippen LogP contribution in [0.3, 0.4) is 0 Å². The van der Waals surface area contributed by atoms with Crippen LogP contribution < -0.4 is 0 Å². The first-order valence-corrected chi connectivity index (χ1v) is 19.6. The van der Waals surface area contributed by atoms with Gasteiger partial charge in [-0.15, -0.1) is 0 Å². The van der Waals surface area contributed by atoms with Crippen LogP contribution in [0.2, 0.25) is 0 Å². The van der Waals surface area contributed by atoms with Crippen LogP contribution in [-0.2, 0) is 0 Å². The summed E-state index contributed by atoms with van der Waals surface area (Å²) in [6, 6.07) is 66.4. The molecule has 4 nitrogen and oxygen atoms in total. The monoisotopic (exact) mass is 736 g/mol. The number of hydrogen-bond donors (Lipinski definition) is 0. The Bertz CT molecular complexity index is 3630. The fourth-order valence-electron chi connectivity index (χ4n) is 8.99. The maximum Gasteiger partial charge on any atom is 0.0972 e. The molecular formula is C54H32N4. The number of benzene rings is 8. The first-order chi connectivity index (χ1) is 28.8. The van der Waals surface area contributed by atoms with Crippen LogP contribution in [0.5, 0.6) is 0 Å². The van der Waals surface area contributed by atoms with Gasteiger partial charge in [0.1, 0.15) is 0 Å². The molecule has 0 N–H and O–H groups in total. The summed E-state index contributed by atoms with van der Waals surface area (Å²) in [4.78, 5) is 20.9. The minimum atomic E-state index is 0.885. The Balaban J connectivity index is 1.04. The Morgan fingerprint density at radius 1 is 0.310 bits per heavy atom. The van der Waals surface area contributed by atoms with Gasteiger partial charge in [0.25, 0.3) is 0 Å². The van der Waals surface area contributed by atoms with Gasteiger partial charge in [-0.25, -0.2) is 15.0 Å². The molecule has 12 rings (SSSR count). The van der Waals surface area contributed by atoms with Crippen molar-refractivity contribution in [1.82, 2.24) is 19.9 Å². The number of para-hydroxylation sites is 1. The SMILES string of the molecule is c1ccc(-c2ccc3ccc4ccc(-c5ccc(-c6cccc(-c7nc8ccccc8c8c9ccccc9c9ccccc9c78)c6)c6ncccc56)nc4c3n2)cc1. The number of rotatable bonds is 4. The molecule has 4 heteroatoms.